The molecule has 0 aliphatic rings. The lowest BCUT2D eigenvalue weighted by Gasteiger charge is -2.11. The molecule has 0 saturated carbocycles. The predicted octanol–water partition coefficient (Wildman–Crippen LogP) is 3.91. The van der Waals surface area contributed by atoms with Gasteiger partial charge in [-0.05, 0) is 24.6 Å². The smallest absolute Gasteiger partial charge is 0.416 e. The van der Waals surface area contributed by atoms with Crippen LogP contribution in [-0.4, -0.2) is 19.7 Å². The molecule has 23 heavy (non-hydrogen) atoms. The van der Waals surface area contributed by atoms with Crippen molar-refractivity contribution in [1.29, 1.82) is 0 Å². The van der Waals surface area contributed by atoms with Gasteiger partial charge >= 0.3 is 6.18 Å². The van der Waals surface area contributed by atoms with Gasteiger partial charge in [-0.1, -0.05) is 19.1 Å². The van der Waals surface area contributed by atoms with E-state index in [4.69, 9.17) is 0 Å². The molecule has 120 valence electrons. The molecule has 0 aliphatic carbocycles. The fourth-order valence-corrected chi connectivity index (χ4v) is 2.44. The highest BCUT2D eigenvalue weighted by molar-refractivity contribution is 5.45. The molecule has 2 heterocycles. The topological polar surface area (TPSA) is 50.4 Å². The Morgan fingerprint density at radius 2 is 1.78 bits per heavy atom. The van der Waals surface area contributed by atoms with E-state index in [0.717, 1.165) is 12.1 Å². The number of aryl methyl sites for hydroxylation is 1. The minimum absolute atomic E-state index is 0.0293. The zero-order valence-electron chi connectivity index (χ0n) is 12.5. The summed E-state index contributed by atoms with van der Waals surface area (Å²) < 4.78 is 39.1. The van der Waals surface area contributed by atoms with E-state index in [1.165, 1.54) is 22.7 Å². The van der Waals surface area contributed by atoms with Crippen molar-refractivity contribution in [3.05, 3.63) is 58.9 Å². The average Bonchev–Trinajstić information content (AvgIpc) is 2.90. The fourth-order valence-electron chi connectivity index (χ4n) is 2.44. The van der Waals surface area contributed by atoms with Gasteiger partial charge in [0.1, 0.15) is 0 Å². The van der Waals surface area contributed by atoms with Gasteiger partial charge in [0.05, 0.1) is 11.3 Å². The normalized spacial score (nSPS) is 13.4. The SMILES string of the molecule is Cc1cc(O)n2nc(C(C)c3ccc(C(F)(F)F)cc3)cc2n1. The Bertz CT molecular complexity index is 853. The van der Waals surface area contributed by atoms with Gasteiger partial charge in [-0.15, -0.1) is 0 Å². The van der Waals surface area contributed by atoms with E-state index in [9.17, 15) is 18.3 Å². The number of hydrogen-bond donors (Lipinski definition) is 1. The van der Waals surface area contributed by atoms with Crippen LogP contribution in [0.4, 0.5) is 13.2 Å². The maximum atomic E-state index is 12.6. The molecule has 1 N–H and O–H groups in total. The molecule has 0 radical (unpaired) electrons. The van der Waals surface area contributed by atoms with Gasteiger partial charge in [0.2, 0.25) is 5.88 Å². The van der Waals surface area contributed by atoms with Crippen LogP contribution in [0, 0.1) is 6.92 Å². The molecule has 3 rings (SSSR count). The molecule has 7 heteroatoms. The van der Waals surface area contributed by atoms with E-state index in [1.54, 1.807) is 13.0 Å². The summed E-state index contributed by atoms with van der Waals surface area (Å²) in [7, 11) is 0. The monoisotopic (exact) mass is 321 g/mol. The highest BCUT2D eigenvalue weighted by Crippen LogP contribution is 2.31. The Hall–Kier alpha value is -2.57. The third-order valence-corrected chi connectivity index (χ3v) is 3.74. The molecule has 3 aromatic rings. The number of benzene rings is 1. The van der Waals surface area contributed by atoms with Crippen molar-refractivity contribution in [3.8, 4) is 5.88 Å². The van der Waals surface area contributed by atoms with Crippen molar-refractivity contribution in [3.63, 3.8) is 0 Å². The second-order valence-corrected chi connectivity index (χ2v) is 5.44. The molecule has 0 saturated heterocycles. The summed E-state index contributed by atoms with van der Waals surface area (Å²) in [6.45, 7) is 3.60. The van der Waals surface area contributed by atoms with E-state index >= 15 is 0 Å². The Balaban J connectivity index is 1.97. The summed E-state index contributed by atoms with van der Waals surface area (Å²) >= 11 is 0. The van der Waals surface area contributed by atoms with Crippen LogP contribution in [0.2, 0.25) is 0 Å². The van der Waals surface area contributed by atoms with Crippen LogP contribution in [0.3, 0.4) is 0 Å². The van der Waals surface area contributed by atoms with E-state index in [0.29, 0.717) is 22.6 Å². The zero-order chi connectivity index (χ0) is 16.8. The van der Waals surface area contributed by atoms with Gasteiger partial charge < -0.3 is 5.11 Å². The van der Waals surface area contributed by atoms with Crippen LogP contribution in [0.25, 0.3) is 5.65 Å². The molecule has 1 unspecified atom stereocenters. The highest BCUT2D eigenvalue weighted by Gasteiger charge is 2.30. The van der Waals surface area contributed by atoms with E-state index in [2.05, 4.69) is 10.1 Å². The van der Waals surface area contributed by atoms with Gasteiger partial charge in [-0.2, -0.15) is 22.8 Å². The van der Waals surface area contributed by atoms with E-state index < -0.39 is 11.7 Å². The molecular weight excluding hydrogens is 307 g/mol. The molecule has 0 spiro atoms. The van der Waals surface area contributed by atoms with Crippen LogP contribution in [0.5, 0.6) is 5.88 Å². The van der Waals surface area contributed by atoms with Crippen LogP contribution in [-0.2, 0) is 6.18 Å². The quantitative estimate of drug-likeness (QED) is 0.778. The van der Waals surface area contributed by atoms with Crippen molar-refractivity contribution in [1.82, 2.24) is 14.6 Å². The van der Waals surface area contributed by atoms with Crippen molar-refractivity contribution >= 4 is 5.65 Å². The summed E-state index contributed by atoms with van der Waals surface area (Å²) in [5, 5.41) is 14.2. The number of aromatic hydroxyl groups is 1. The number of aromatic nitrogens is 3. The largest absolute Gasteiger partial charge is 0.493 e. The molecule has 1 aromatic carbocycles. The summed E-state index contributed by atoms with van der Waals surface area (Å²) in [4.78, 5) is 4.27. The van der Waals surface area contributed by atoms with Gasteiger partial charge in [0, 0.05) is 23.7 Å². The molecule has 0 bridgehead atoms. The first-order chi connectivity index (χ1) is 10.8. The van der Waals surface area contributed by atoms with Crippen molar-refractivity contribution in [2.24, 2.45) is 0 Å². The number of halogens is 3. The standard InChI is InChI=1S/C16H14F3N3O/c1-9-7-15(23)22-14(20-9)8-13(21-22)10(2)11-3-5-12(6-4-11)16(17,18)19/h3-8,10,23H,1-2H3. The number of alkyl halides is 3. The number of fused-ring (bicyclic) bond motifs is 1. The van der Waals surface area contributed by atoms with E-state index in [-0.39, 0.29) is 11.8 Å². The van der Waals surface area contributed by atoms with Crippen LogP contribution >= 0.6 is 0 Å². The molecule has 0 aliphatic heterocycles. The van der Waals surface area contributed by atoms with Crippen molar-refractivity contribution in [2.45, 2.75) is 25.9 Å². The Morgan fingerprint density at radius 3 is 2.39 bits per heavy atom. The maximum absolute atomic E-state index is 12.6. The first-order valence-corrected chi connectivity index (χ1v) is 6.99. The van der Waals surface area contributed by atoms with Gasteiger partial charge in [-0.3, -0.25) is 0 Å². The van der Waals surface area contributed by atoms with Gasteiger partial charge in [0.15, 0.2) is 5.65 Å². The summed E-state index contributed by atoms with van der Waals surface area (Å²) in [5.74, 6) is -0.253. The zero-order valence-corrected chi connectivity index (χ0v) is 12.5. The predicted molar refractivity (Wildman–Crippen MR) is 78.3 cm³/mol. The first kappa shape index (κ1) is 15.3. The molecule has 1 atom stereocenters. The van der Waals surface area contributed by atoms with Gasteiger partial charge in [-0.25, -0.2) is 4.98 Å². The minimum atomic E-state index is -4.35. The maximum Gasteiger partial charge on any atom is 0.416 e. The lowest BCUT2D eigenvalue weighted by molar-refractivity contribution is -0.137. The average molecular weight is 321 g/mol. The van der Waals surface area contributed by atoms with Crippen molar-refractivity contribution in [2.75, 3.05) is 0 Å². The highest BCUT2D eigenvalue weighted by atomic mass is 19.4. The molecule has 0 amide bonds. The molecular formula is C16H14F3N3O. The Kier molecular flexibility index (Phi) is 3.50. The lowest BCUT2D eigenvalue weighted by atomic mass is 9.97. The summed E-state index contributed by atoms with van der Waals surface area (Å²) in [5.41, 5.74) is 1.80. The molecule has 0 fully saturated rings. The summed E-state index contributed by atoms with van der Waals surface area (Å²) in [6, 6.07) is 8.21. The lowest BCUT2D eigenvalue weighted by Crippen LogP contribution is -2.05. The molecule has 2 aromatic heterocycles. The molecule has 4 nitrogen and oxygen atoms in total. The third-order valence-electron chi connectivity index (χ3n) is 3.74. The number of nitrogens with zero attached hydrogens (tertiary/aromatic N) is 3. The van der Waals surface area contributed by atoms with Crippen LogP contribution in [0.15, 0.2) is 36.4 Å². The minimum Gasteiger partial charge on any atom is -0.493 e. The summed E-state index contributed by atoms with van der Waals surface area (Å²) in [6.07, 6.45) is -4.35. The van der Waals surface area contributed by atoms with E-state index in [1.807, 2.05) is 6.92 Å². The third kappa shape index (κ3) is 2.86. The Labute approximate surface area is 130 Å². The van der Waals surface area contributed by atoms with Crippen molar-refractivity contribution < 1.29 is 18.3 Å². The van der Waals surface area contributed by atoms with Crippen LogP contribution < -0.4 is 0 Å². The second kappa shape index (κ2) is 5.26. The number of rotatable bonds is 2. The second-order valence-electron chi connectivity index (χ2n) is 5.44. The first-order valence-electron chi connectivity index (χ1n) is 6.99. The fraction of sp³-hybridized carbons (Fsp3) is 0.250. The van der Waals surface area contributed by atoms with Gasteiger partial charge in [0.25, 0.3) is 0 Å². The van der Waals surface area contributed by atoms with Crippen LogP contribution in [0.1, 0.15) is 35.4 Å². The number of hydrogen-bond acceptors (Lipinski definition) is 3. The Morgan fingerprint density at radius 1 is 1.13 bits per heavy atom.